The van der Waals surface area contributed by atoms with Crippen LogP contribution in [0.15, 0.2) is 66.9 Å². The molecule has 0 saturated carbocycles. The number of aromatic nitrogens is 4. The Morgan fingerprint density at radius 3 is 2.43 bits per heavy atom. The van der Waals surface area contributed by atoms with E-state index in [4.69, 9.17) is 4.98 Å². The zero-order chi connectivity index (χ0) is 24.2. The van der Waals surface area contributed by atoms with Gasteiger partial charge in [-0.05, 0) is 66.8 Å². The highest BCUT2D eigenvalue weighted by atomic mass is 15.3. The van der Waals surface area contributed by atoms with Gasteiger partial charge in [0.15, 0.2) is 5.52 Å². The molecule has 4 heteroatoms. The Kier molecular flexibility index (Phi) is 3.86. The van der Waals surface area contributed by atoms with Gasteiger partial charge in [-0.3, -0.25) is 4.40 Å². The summed E-state index contributed by atoms with van der Waals surface area (Å²) in [6.45, 7) is 11.3. The van der Waals surface area contributed by atoms with Crippen LogP contribution < -0.4 is 4.57 Å². The number of hydrogen-bond acceptors (Lipinski definition) is 1. The molecule has 1 aliphatic rings. The van der Waals surface area contributed by atoms with E-state index in [1.165, 1.54) is 55.8 Å². The lowest BCUT2D eigenvalue weighted by Gasteiger charge is -2.22. The van der Waals surface area contributed by atoms with E-state index in [2.05, 4.69) is 122 Å². The van der Waals surface area contributed by atoms with Gasteiger partial charge < -0.3 is 0 Å². The Labute approximate surface area is 205 Å². The maximum absolute atomic E-state index is 5.28. The topological polar surface area (TPSA) is 26.1 Å². The highest BCUT2D eigenvalue weighted by molar-refractivity contribution is 5.95. The molecule has 0 fully saturated rings. The third-order valence-electron chi connectivity index (χ3n) is 8.23. The molecule has 0 bridgehead atoms. The van der Waals surface area contributed by atoms with Crippen LogP contribution in [0.2, 0.25) is 0 Å². The van der Waals surface area contributed by atoms with Crippen molar-refractivity contribution in [2.24, 2.45) is 7.05 Å². The van der Waals surface area contributed by atoms with Crippen molar-refractivity contribution in [3.05, 3.63) is 94.7 Å². The second-order valence-electron chi connectivity index (χ2n) is 10.6. The number of imidazole rings is 2. The number of rotatable bonds is 1. The highest BCUT2D eigenvalue weighted by Gasteiger charge is 2.43. The number of nitrogens with zero attached hydrogens (tertiary/aromatic N) is 4. The van der Waals surface area contributed by atoms with Crippen LogP contribution in [-0.2, 0) is 12.5 Å². The van der Waals surface area contributed by atoms with Crippen molar-refractivity contribution in [3.63, 3.8) is 0 Å². The predicted octanol–water partition coefficient (Wildman–Crippen LogP) is 6.49. The number of pyridine rings is 1. The Hall–Kier alpha value is -3.92. The van der Waals surface area contributed by atoms with Gasteiger partial charge in [-0.25, -0.2) is 4.57 Å². The van der Waals surface area contributed by atoms with E-state index < -0.39 is 0 Å². The molecule has 7 rings (SSSR count). The van der Waals surface area contributed by atoms with Crippen LogP contribution in [0.5, 0.6) is 0 Å². The second kappa shape index (κ2) is 6.60. The number of benzene rings is 3. The molecule has 0 unspecified atom stereocenters. The van der Waals surface area contributed by atoms with Crippen molar-refractivity contribution in [1.29, 1.82) is 0 Å². The summed E-state index contributed by atoms with van der Waals surface area (Å²) in [7, 11) is 2.16. The molecule has 0 atom stereocenters. The summed E-state index contributed by atoms with van der Waals surface area (Å²) >= 11 is 0. The first-order chi connectivity index (χ1) is 16.8. The summed E-state index contributed by atoms with van der Waals surface area (Å²) in [6, 6.07) is 22.1. The van der Waals surface area contributed by atoms with Gasteiger partial charge in [0, 0.05) is 11.0 Å². The van der Waals surface area contributed by atoms with Gasteiger partial charge in [-0.15, -0.1) is 0 Å². The smallest absolute Gasteiger partial charge is 0.254 e. The molecule has 0 amide bonds. The minimum atomic E-state index is -0.131. The molecule has 0 radical (unpaired) electrons. The van der Waals surface area contributed by atoms with Crippen LogP contribution in [0.3, 0.4) is 0 Å². The zero-order valence-electron chi connectivity index (χ0n) is 21.1. The maximum atomic E-state index is 5.28. The van der Waals surface area contributed by atoms with Crippen LogP contribution in [-0.4, -0.2) is 14.0 Å². The number of hydrogen-bond donors (Lipinski definition) is 0. The van der Waals surface area contributed by atoms with E-state index in [-0.39, 0.29) is 5.41 Å². The van der Waals surface area contributed by atoms with Crippen LogP contribution in [0.4, 0.5) is 0 Å². The van der Waals surface area contributed by atoms with Crippen LogP contribution in [0, 0.1) is 20.8 Å². The molecular formula is C31H29N4+. The van der Waals surface area contributed by atoms with Crippen LogP contribution >= 0.6 is 0 Å². The quantitative estimate of drug-likeness (QED) is 0.259. The molecule has 0 aliphatic heterocycles. The fourth-order valence-corrected chi connectivity index (χ4v) is 6.31. The number of para-hydroxylation sites is 1. The van der Waals surface area contributed by atoms with Gasteiger partial charge in [-0.2, -0.15) is 9.55 Å². The van der Waals surface area contributed by atoms with E-state index in [0.717, 1.165) is 16.8 Å². The molecule has 0 spiro atoms. The van der Waals surface area contributed by atoms with Crippen molar-refractivity contribution in [2.75, 3.05) is 0 Å². The number of fused-ring (bicyclic) bond motifs is 8. The van der Waals surface area contributed by atoms with Crippen LogP contribution in [0.25, 0.3) is 44.8 Å². The summed E-state index contributed by atoms with van der Waals surface area (Å²) in [5.74, 6) is 2.15. The summed E-state index contributed by atoms with van der Waals surface area (Å²) in [5, 5.41) is 0. The molecule has 3 heterocycles. The first-order valence-corrected chi connectivity index (χ1v) is 12.3. The van der Waals surface area contributed by atoms with Crippen molar-refractivity contribution in [2.45, 2.75) is 40.0 Å². The first-order valence-electron chi connectivity index (χ1n) is 12.3. The molecule has 3 aromatic carbocycles. The average Bonchev–Trinajstić information content (AvgIpc) is 3.44. The molecule has 3 aromatic heterocycles. The first kappa shape index (κ1) is 20.5. The van der Waals surface area contributed by atoms with E-state index >= 15 is 0 Å². The van der Waals surface area contributed by atoms with E-state index in [0.29, 0.717) is 0 Å². The third kappa shape index (κ3) is 2.42. The lowest BCUT2D eigenvalue weighted by Crippen LogP contribution is -2.37. The van der Waals surface area contributed by atoms with Gasteiger partial charge in [0.2, 0.25) is 0 Å². The maximum Gasteiger partial charge on any atom is 0.312 e. The van der Waals surface area contributed by atoms with Crippen molar-refractivity contribution in [3.8, 4) is 16.9 Å². The standard InChI is InChI=1S/C31H29N4/c1-18-14-15-25-28(20(18)3)35(30-32-27-19(2)10-9-13-24(27)34(25)30)29-26-22(16-17-33(29)6)21-11-7-8-12-23(21)31(26,4)5/h7-17H,1-6H3/q+1. The summed E-state index contributed by atoms with van der Waals surface area (Å²) < 4.78 is 7.04. The SMILES string of the molecule is Cc1ccc2c(c1C)n(-c1c3c(cc[n+]1C)-c1ccccc1C3(C)C)c1nc3c(C)cccc3n21. The minimum absolute atomic E-state index is 0.131. The molecule has 0 N–H and O–H groups in total. The lowest BCUT2D eigenvalue weighted by molar-refractivity contribution is -0.665. The molecule has 4 nitrogen and oxygen atoms in total. The zero-order valence-corrected chi connectivity index (χ0v) is 21.1. The fraction of sp³-hybridized carbons (Fsp3) is 0.226. The Bertz CT molecular complexity index is 1860. The highest BCUT2D eigenvalue weighted by Crippen LogP contribution is 2.50. The van der Waals surface area contributed by atoms with Gasteiger partial charge in [0.25, 0.3) is 5.82 Å². The van der Waals surface area contributed by atoms with E-state index in [1.54, 1.807) is 0 Å². The second-order valence-corrected chi connectivity index (χ2v) is 10.6. The molecule has 172 valence electrons. The molecule has 1 aliphatic carbocycles. The van der Waals surface area contributed by atoms with E-state index in [9.17, 15) is 0 Å². The molecule has 35 heavy (non-hydrogen) atoms. The minimum Gasteiger partial charge on any atom is -0.254 e. The van der Waals surface area contributed by atoms with Crippen molar-refractivity contribution in [1.82, 2.24) is 14.0 Å². The molecular weight excluding hydrogens is 428 g/mol. The molecule has 0 saturated heterocycles. The predicted molar refractivity (Wildman–Crippen MR) is 142 cm³/mol. The van der Waals surface area contributed by atoms with Crippen molar-refractivity contribution >= 4 is 27.8 Å². The average molecular weight is 458 g/mol. The monoisotopic (exact) mass is 457 g/mol. The Morgan fingerprint density at radius 1 is 0.800 bits per heavy atom. The van der Waals surface area contributed by atoms with Crippen molar-refractivity contribution < 1.29 is 4.57 Å². The summed E-state index contributed by atoms with van der Waals surface area (Å²) in [4.78, 5) is 5.28. The summed E-state index contributed by atoms with van der Waals surface area (Å²) in [5.41, 5.74) is 13.7. The van der Waals surface area contributed by atoms with Gasteiger partial charge in [0.05, 0.1) is 35.4 Å². The number of aryl methyl sites for hydroxylation is 4. The largest absolute Gasteiger partial charge is 0.312 e. The normalized spacial score (nSPS) is 14.2. The van der Waals surface area contributed by atoms with E-state index in [1.807, 2.05) is 0 Å². The van der Waals surface area contributed by atoms with Gasteiger partial charge >= 0.3 is 5.78 Å². The van der Waals surface area contributed by atoms with Gasteiger partial charge in [-0.1, -0.05) is 56.3 Å². The summed E-state index contributed by atoms with van der Waals surface area (Å²) in [6.07, 6.45) is 2.20. The Morgan fingerprint density at radius 2 is 1.60 bits per heavy atom. The van der Waals surface area contributed by atoms with Crippen LogP contribution in [0.1, 0.15) is 41.7 Å². The molecule has 6 aromatic rings. The fourth-order valence-electron chi connectivity index (χ4n) is 6.31. The van der Waals surface area contributed by atoms with Gasteiger partial charge in [0.1, 0.15) is 0 Å². The lowest BCUT2D eigenvalue weighted by atomic mass is 9.82. The third-order valence-corrected chi connectivity index (χ3v) is 8.23. The Balaban J connectivity index is 1.74.